The number of amides is 1. The van der Waals surface area contributed by atoms with E-state index in [0.29, 0.717) is 6.54 Å². The summed E-state index contributed by atoms with van der Waals surface area (Å²) in [6.45, 7) is 1.51. The minimum absolute atomic E-state index is 0.204. The first-order valence-electron chi connectivity index (χ1n) is 10.9. The lowest BCUT2D eigenvalue weighted by atomic mass is 9.88. The Balaban J connectivity index is 1.38. The van der Waals surface area contributed by atoms with Crippen LogP contribution in [0.5, 0.6) is 5.75 Å². The molecule has 0 spiro atoms. The molecule has 1 atom stereocenters. The predicted molar refractivity (Wildman–Crippen MR) is 118 cm³/mol. The number of likely N-dealkylation sites (tertiary alicyclic amines) is 1. The van der Waals surface area contributed by atoms with Gasteiger partial charge in [0.2, 0.25) is 5.91 Å². The first-order chi connectivity index (χ1) is 15.2. The van der Waals surface area contributed by atoms with Gasteiger partial charge in [0.15, 0.2) is 0 Å². The maximum Gasteiger partial charge on any atom is 0.233 e. The van der Waals surface area contributed by atoms with Crippen molar-refractivity contribution in [2.24, 2.45) is 0 Å². The fourth-order valence-electron chi connectivity index (χ4n) is 4.77. The average molecular weight is 415 g/mol. The third kappa shape index (κ3) is 3.67. The number of hydrogen-bond donors (Lipinski definition) is 0. The van der Waals surface area contributed by atoms with Crippen LogP contribution in [0.3, 0.4) is 0 Å². The molecule has 3 aromatic rings. The molecule has 1 aliphatic heterocycles. The highest BCUT2D eigenvalue weighted by Crippen LogP contribution is 2.50. The van der Waals surface area contributed by atoms with Crippen molar-refractivity contribution >= 4 is 5.91 Å². The van der Waals surface area contributed by atoms with Gasteiger partial charge < -0.3 is 9.64 Å². The van der Waals surface area contributed by atoms with Gasteiger partial charge in [-0.25, -0.2) is 9.97 Å². The quantitative estimate of drug-likeness (QED) is 0.632. The molecule has 0 bridgehead atoms. The van der Waals surface area contributed by atoms with E-state index in [1.54, 1.807) is 25.8 Å². The lowest BCUT2D eigenvalue weighted by Crippen LogP contribution is -2.44. The standard InChI is InChI=1S/C25H26N4O2/c1-31-21-6-4-20(5-7-21)25(10-11-25)24(30)29-14-2-3-19(16-29)23-22(15-27-17-28-23)18-8-12-26-13-9-18/h4-9,12-13,15,17,19H,2-3,10-11,14,16H2,1H3. The highest BCUT2D eigenvalue weighted by Gasteiger charge is 2.53. The van der Waals surface area contributed by atoms with Crippen molar-refractivity contribution in [2.45, 2.75) is 37.0 Å². The van der Waals surface area contributed by atoms with Gasteiger partial charge in [0.05, 0.1) is 18.2 Å². The smallest absolute Gasteiger partial charge is 0.233 e. The number of aromatic nitrogens is 3. The second-order valence-corrected chi connectivity index (χ2v) is 8.46. The van der Waals surface area contributed by atoms with E-state index in [1.807, 2.05) is 42.6 Å². The molecule has 1 saturated heterocycles. The third-order valence-electron chi connectivity index (χ3n) is 6.63. The summed E-state index contributed by atoms with van der Waals surface area (Å²) in [5.74, 6) is 1.27. The zero-order valence-corrected chi connectivity index (χ0v) is 17.7. The predicted octanol–water partition coefficient (Wildman–Crippen LogP) is 3.99. The van der Waals surface area contributed by atoms with Crippen LogP contribution in [-0.4, -0.2) is 46.0 Å². The molecule has 2 aromatic heterocycles. The number of nitrogens with zero attached hydrogens (tertiary/aromatic N) is 4. The van der Waals surface area contributed by atoms with Crippen molar-refractivity contribution < 1.29 is 9.53 Å². The van der Waals surface area contributed by atoms with Gasteiger partial charge in [-0.15, -0.1) is 0 Å². The fourth-order valence-corrected chi connectivity index (χ4v) is 4.77. The molecule has 0 radical (unpaired) electrons. The molecule has 1 aromatic carbocycles. The lowest BCUT2D eigenvalue weighted by molar-refractivity contribution is -0.135. The van der Waals surface area contributed by atoms with E-state index < -0.39 is 0 Å². The Bertz CT molecular complexity index is 1060. The second kappa shape index (κ2) is 8.10. The molecule has 6 nitrogen and oxygen atoms in total. The lowest BCUT2D eigenvalue weighted by Gasteiger charge is -2.35. The molecular formula is C25H26N4O2. The summed E-state index contributed by atoms with van der Waals surface area (Å²) in [6.07, 6.45) is 10.9. The van der Waals surface area contributed by atoms with Crippen molar-refractivity contribution in [3.05, 3.63) is 72.6 Å². The van der Waals surface area contributed by atoms with Gasteiger partial charge in [0, 0.05) is 43.2 Å². The Morgan fingerprint density at radius 1 is 1.10 bits per heavy atom. The number of pyridine rings is 1. The van der Waals surface area contributed by atoms with Gasteiger partial charge in [0.1, 0.15) is 12.1 Å². The van der Waals surface area contributed by atoms with Crippen LogP contribution in [0.15, 0.2) is 61.3 Å². The molecule has 5 rings (SSSR count). The molecule has 2 fully saturated rings. The summed E-state index contributed by atoms with van der Waals surface area (Å²) < 4.78 is 5.28. The van der Waals surface area contributed by atoms with Gasteiger partial charge in [-0.05, 0) is 61.1 Å². The van der Waals surface area contributed by atoms with Crippen LogP contribution in [-0.2, 0) is 10.2 Å². The normalized spacial score (nSPS) is 19.6. The van der Waals surface area contributed by atoms with Crippen LogP contribution >= 0.6 is 0 Å². The monoisotopic (exact) mass is 414 g/mol. The van der Waals surface area contributed by atoms with Crippen molar-refractivity contribution in [3.63, 3.8) is 0 Å². The number of carbonyl (C=O) groups is 1. The Labute approximate surface area is 182 Å². The van der Waals surface area contributed by atoms with Gasteiger partial charge in [-0.1, -0.05) is 12.1 Å². The van der Waals surface area contributed by atoms with E-state index in [0.717, 1.165) is 60.4 Å². The van der Waals surface area contributed by atoms with Crippen molar-refractivity contribution in [1.82, 2.24) is 19.9 Å². The zero-order chi connectivity index (χ0) is 21.3. The third-order valence-corrected chi connectivity index (χ3v) is 6.63. The van der Waals surface area contributed by atoms with Gasteiger partial charge in [-0.3, -0.25) is 9.78 Å². The highest BCUT2D eigenvalue weighted by molar-refractivity contribution is 5.91. The van der Waals surface area contributed by atoms with Gasteiger partial charge in [0.25, 0.3) is 0 Å². The minimum Gasteiger partial charge on any atom is -0.497 e. The molecule has 1 amide bonds. The summed E-state index contributed by atoms with van der Waals surface area (Å²) in [5, 5.41) is 0. The van der Waals surface area contributed by atoms with Crippen LogP contribution in [0.25, 0.3) is 11.1 Å². The average Bonchev–Trinajstić information content (AvgIpc) is 3.66. The van der Waals surface area contributed by atoms with Gasteiger partial charge >= 0.3 is 0 Å². The molecule has 2 aliphatic rings. The molecule has 0 N–H and O–H groups in total. The minimum atomic E-state index is -0.367. The van der Waals surface area contributed by atoms with Crippen molar-refractivity contribution in [2.75, 3.05) is 20.2 Å². The number of rotatable bonds is 5. The molecule has 6 heteroatoms. The summed E-state index contributed by atoms with van der Waals surface area (Å²) in [4.78, 5) is 28.7. The molecule has 3 heterocycles. The number of piperidine rings is 1. The van der Waals surface area contributed by atoms with Crippen LogP contribution in [0.2, 0.25) is 0 Å². The Kier molecular flexibility index (Phi) is 5.14. The largest absolute Gasteiger partial charge is 0.497 e. The molecule has 1 aliphatic carbocycles. The van der Waals surface area contributed by atoms with Gasteiger partial charge in [-0.2, -0.15) is 0 Å². The van der Waals surface area contributed by atoms with E-state index in [1.165, 1.54) is 0 Å². The molecule has 1 unspecified atom stereocenters. The Hall–Kier alpha value is -3.28. The molecule has 158 valence electrons. The Morgan fingerprint density at radius 3 is 2.58 bits per heavy atom. The van der Waals surface area contributed by atoms with Crippen molar-refractivity contribution in [1.29, 1.82) is 0 Å². The van der Waals surface area contributed by atoms with E-state index in [-0.39, 0.29) is 17.2 Å². The maximum absolute atomic E-state index is 13.6. The molecule has 31 heavy (non-hydrogen) atoms. The number of methoxy groups -OCH3 is 1. The van der Waals surface area contributed by atoms with E-state index in [9.17, 15) is 4.79 Å². The highest BCUT2D eigenvalue weighted by atomic mass is 16.5. The molecular weight excluding hydrogens is 388 g/mol. The van der Waals surface area contributed by atoms with Crippen LogP contribution in [0.1, 0.15) is 42.9 Å². The first-order valence-corrected chi connectivity index (χ1v) is 10.9. The topological polar surface area (TPSA) is 68.2 Å². The number of hydrogen-bond acceptors (Lipinski definition) is 5. The van der Waals surface area contributed by atoms with Crippen LogP contribution < -0.4 is 4.74 Å². The van der Waals surface area contributed by atoms with Crippen molar-refractivity contribution in [3.8, 4) is 16.9 Å². The fraction of sp³-hybridized carbons (Fsp3) is 0.360. The summed E-state index contributed by atoms with van der Waals surface area (Å²) in [7, 11) is 1.66. The van der Waals surface area contributed by atoms with E-state index in [2.05, 4.69) is 19.9 Å². The number of ether oxygens (including phenoxy) is 1. The second-order valence-electron chi connectivity index (χ2n) is 8.46. The summed E-state index contributed by atoms with van der Waals surface area (Å²) in [6, 6.07) is 11.9. The van der Waals surface area contributed by atoms with E-state index >= 15 is 0 Å². The Morgan fingerprint density at radius 2 is 1.87 bits per heavy atom. The van der Waals surface area contributed by atoms with E-state index in [4.69, 9.17) is 4.74 Å². The number of benzene rings is 1. The van der Waals surface area contributed by atoms with Crippen LogP contribution in [0.4, 0.5) is 0 Å². The number of carbonyl (C=O) groups excluding carboxylic acids is 1. The SMILES string of the molecule is COc1ccc(C2(C(=O)N3CCCC(c4ncncc4-c4ccncc4)C3)CC2)cc1. The zero-order valence-electron chi connectivity index (χ0n) is 17.7. The maximum atomic E-state index is 13.6. The molecule has 1 saturated carbocycles. The summed E-state index contributed by atoms with van der Waals surface area (Å²) in [5.41, 5.74) is 3.84. The summed E-state index contributed by atoms with van der Waals surface area (Å²) >= 11 is 0. The van der Waals surface area contributed by atoms with Crippen LogP contribution in [0, 0.1) is 0 Å². The first kappa shape index (κ1) is 19.7.